The van der Waals surface area contributed by atoms with Crippen molar-refractivity contribution in [3.63, 3.8) is 0 Å². The van der Waals surface area contributed by atoms with Crippen LogP contribution in [0.15, 0.2) is 34.9 Å². The fourth-order valence-electron chi connectivity index (χ4n) is 1.50. The predicted octanol–water partition coefficient (Wildman–Crippen LogP) is 4.84. The van der Waals surface area contributed by atoms with Crippen molar-refractivity contribution in [1.82, 2.24) is 0 Å². The van der Waals surface area contributed by atoms with Gasteiger partial charge in [-0.3, -0.25) is 12.2 Å². The monoisotopic (exact) mass is 362 g/mol. The van der Waals surface area contributed by atoms with E-state index >= 15 is 0 Å². The summed E-state index contributed by atoms with van der Waals surface area (Å²) < 4.78 is 3.34. The van der Waals surface area contributed by atoms with E-state index in [0.717, 1.165) is 6.42 Å². The topological polar surface area (TPSA) is 0 Å². The average Bonchev–Trinajstić information content (AvgIpc) is 2.80. The summed E-state index contributed by atoms with van der Waals surface area (Å²) in [6.45, 7) is 8.43. The summed E-state index contributed by atoms with van der Waals surface area (Å²) in [5.41, 5.74) is 4.06. The van der Waals surface area contributed by atoms with Crippen LogP contribution in [0.5, 0.6) is 0 Å². The van der Waals surface area contributed by atoms with Crippen LogP contribution in [0.3, 0.4) is 0 Å². The summed E-state index contributed by atoms with van der Waals surface area (Å²) in [6, 6.07) is 0. The Hall–Kier alpha value is 0.293. The van der Waals surface area contributed by atoms with Gasteiger partial charge in [0.25, 0.3) is 0 Å². The Morgan fingerprint density at radius 3 is 1.89 bits per heavy atom. The van der Waals surface area contributed by atoms with Crippen molar-refractivity contribution in [1.29, 1.82) is 0 Å². The molecule has 0 heterocycles. The van der Waals surface area contributed by atoms with E-state index in [9.17, 15) is 0 Å². The van der Waals surface area contributed by atoms with Crippen LogP contribution in [0, 0.1) is 18.1 Å². The third-order valence-corrected chi connectivity index (χ3v) is 2.20. The van der Waals surface area contributed by atoms with Gasteiger partial charge in [-0.05, 0) is 0 Å². The molecule has 0 aromatic carbocycles. The molecule has 0 fully saturated rings. The maximum absolute atomic E-state index is 3.34. The molecular weight excluding hydrogens is 342 g/mol. The Kier molecular flexibility index (Phi) is 17.8. The Morgan fingerprint density at radius 2 is 1.78 bits per heavy atom. The molecule has 100 valence electrons. The first-order valence-corrected chi connectivity index (χ1v) is 7.19. The number of rotatable bonds is 0. The van der Waals surface area contributed by atoms with Crippen molar-refractivity contribution < 1.29 is 24.2 Å². The van der Waals surface area contributed by atoms with Crippen molar-refractivity contribution in [3.05, 3.63) is 47.1 Å². The fourth-order valence-corrected chi connectivity index (χ4v) is 1.50. The van der Waals surface area contributed by atoms with Gasteiger partial charge in [0.2, 0.25) is 0 Å². The predicted molar refractivity (Wildman–Crippen MR) is 83.2 cm³/mol. The van der Waals surface area contributed by atoms with E-state index in [1.807, 2.05) is 6.08 Å². The molecule has 1 unspecified atom stereocenters. The van der Waals surface area contributed by atoms with Crippen LogP contribution in [0.2, 0.25) is 0 Å². The van der Waals surface area contributed by atoms with E-state index < -0.39 is 0 Å². The second kappa shape index (κ2) is 13.7. The number of allylic oxidation sites excluding steroid dienone is 8. The summed E-state index contributed by atoms with van der Waals surface area (Å²) >= 11 is 1.30. The third kappa shape index (κ3) is 11.4. The Morgan fingerprint density at radius 1 is 1.22 bits per heavy atom. The van der Waals surface area contributed by atoms with Crippen LogP contribution < -0.4 is 0 Å². The number of hydrogen-bond donors (Lipinski definition) is 0. The molecule has 0 radical (unpaired) electrons. The van der Waals surface area contributed by atoms with Crippen molar-refractivity contribution in [2.45, 2.75) is 34.1 Å². The zero-order valence-electron chi connectivity index (χ0n) is 11.5. The molecule has 0 bridgehead atoms. The molecule has 0 saturated heterocycles. The zero-order valence-corrected chi connectivity index (χ0v) is 15.6. The molecular formula is C15H22Cl2Zr. The number of hydrogen-bond acceptors (Lipinski definition) is 0. The van der Waals surface area contributed by atoms with E-state index in [1.165, 1.54) is 41.0 Å². The molecule has 0 aliphatic heterocycles. The Bertz CT molecular complexity index is 338. The first-order valence-electron chi connectivity index (χ1n) is 5.45. The molecule has 0 aromatic heterocycles. The minimum atomic E-state index is 0. The molecule has 2 aliphatic rings. The van der Waals surface area contributed by atoms with E-state index in [0.29, 0.717) is 5.92 Å². The van der Waals surface area contributed by atoms with Crippen molar-refractivity contribution in [2.24, 2.45) is 5.92 Å². The summed E-state index contributed by atoms with van der Waals surface area (Å²) in [5.74, 6) is 0.556. The molecule has 18 heavy (non-hydrogen) atoms. The van der Waals surface area contributed by atoms with Gasteiger partial charge in [0.1, 0.15) is 0 Å². The quantitative estimate of drug-likeness (QED) is 0.540. The van der Waals surface area contributed by atoms with Gasteiger partial charge in [-0.1, -0.05) is 26.7 Å². The molecule has 0 aromatic rings. The van der Waals surface area contributed by atoms with Crippen molar-refractivity contribution >= 4 is 29.0 Å². The van der Waals surface area contributed by atoms with Crippen LogP contribution in [0.25, 0.3) is 0 Å². The van der Waals surface area contributed by atoms with Crippen LogP contribution >= 0.6 is 24.8 Å². The van der Waals surface area contributed by atoms with Crippen LogP contribution in [0.1, 0.15) is 34.1 Å². The van der Waals surface area contributed by atoms with Gasteiger partial charge in [0.05, 0.1) is 0 Å². The number of halogens is 2. The van der Waals surface area contributed by atoms with Gasteiger partial charge >= 0.3 is 28.4 Å². The molecule has 3 heteroatoms. The molecule has 2 rings (SSSR count). The van der Waals surface area contributed by atoms with Gasteiger partial charge in [-0.25, -0.2) is 23.3 Å². The fraction of sp³-hybridized carbons (Fsp3) is 0.400. The summed E-state index contributed by atoms with van der Waals surface area (Å²) in [7, 11) is 0. The Balaban J connectivity index is -0.000000200. The van der Waals surface area contributed by atoms with Gasteiger partial charge in [-0.15, -0.1) is 38.2 Å². The zero-order chi connectivity index (χ0) is 12.6. The second-order valence-electron chi connectivity index (χ2n) is 4.04. The Labute approximate surface area is 139 Å². The van der Waals surface area contributed by atoms with Crippen LogP contribution in [0.4, 0.5) is 0 Å². The van der Waals surface area contributed by atoms with Crippen molar-refractivity contribution in [2.75, 3.05) is 0 Å². The first kappa shape index (κ1) is 23.4. The standard InChI is InChI=1S/2C7H9.CH2.2ClH.Zr/c2*1-6-3-4-7(2)5-6;;;;/h5H,3H2,1-2H3;3,5,7H,1-2H3;1H2;2*1H;/q2*-1;;;;+2. The molecule has 2 aliphatic carbocycles. The summed E-state index contributed by atoms with van der Waals surface area (Å²) in [6.07, 6.45) is 13.8. The van der Waals surface area contributed by atoms with Gasteiger partial charge in [0.15, 0.2) is 0 Å². The second-order valence-corrected chi connectivity index (χ2v) is 4.04. The third-order valence-electron chi connectivity index (χ3n) is 2.20. The molecule has 0 saturated carbocycles. The normalized spacial score (nSPS) is 18.8. The van der Waals surface area contributed by atoms with Gasteiger partial charge in [0, 0.05) is 0 Å². The van der Waals surface area contributed by atoms with E-state index in [2.05, 4.69) is 56.2 Å². The van der Waals surface area contributed by atoms with Crippen LogP contribution in [-0.4, -0.2) is 4.21 Å². The average molecular weight is 364 g/mol. The minimum absolute atomic E-state index is 0. The van der Waals surface area contributed by atoms with Crippen LogP contribution in [-0.2, 0) is 24.2 Å². The summed E-state index contributed by atoms with van der Waals surface area (Å²) in [4.78, 5) is 0. The maximum atomic E-state index is 3.34. The molecule has 1 atom stereocenters. The molecule has 0 amide bonds. The van der Waals surface area contributed by atoms with Crippen molar-refractivity contribution in [3.8, 4) is 0 Å². The molecule has 0 nitrogen and oxygen atoms in total. The molecule has 0 N–H and O–H groups in total. The van der Waals surface area contributed by atoms with Gasteiger partial charge in [-0.2, -0.15) is 11.6 Å². The van der Waals surface area contributed by atoms with E-state index in [-0.39, 0.29) is 24.8 Å². The molecule has 0 spiro atoms. The first-order chi connectivity index (χ1) is 7.58. The van der Waals surface area contributed by atoms with Gasteiger partial charge < -0.3 is 0 Å². The SMILES string of the molecule is CC1=CC(C)[C-]=C1.CC1=[C-]CC(C)=C1.Cl.Cl.[CH2]=[Zr+2]. The van der Waals surface area contributed by atoms with E-state index in [4.69, 9.17) is 0 Å². The van der Waals surface area contributed by atoms with E-state index in [1.54, 1.807) is 0 Å². The summed E-state index contributed by atoms with van der Waals surface area (Å²) in [5, 5.41) is 0.